The van der Waals surface area contributed by atoms with Crippen LogP contribution in [0.4, 0.5) is 0 Å². The predicted octanol–water partition coefficient (Wildman–Crippen LogP) is 3.45. The molecule has 0 spiro atoms. The SMILES string of the molecule is CCCC(C)n1c(=S)[nH]c2cccnc21. The fourth-order valence-corrected chi connectivity index (χ4v) is 2.29. The van der Waals surface area contributed by atoms with Crippen molar-refractivity contribution in [3.05, 3.63) is 23.1 Å². The third-order valence-electron chi connectivity index (χ3n) is 2.62. The number of imidazole rings is 1. The lowest BCUT2D eigenvalue weighted by molar-refractivity contribution is 0.505. The lowest BCUT2D eigenvalue weighted by Crippen LogP contribution is -2.05. The van der Waals surface area contributed by atoms with Gasteiger partial charge >= 0.3 is 0 Å². The molecule has 2 heterocycles. The van der Waals surface area contributed by atoms with Crippen molar-refractivity contribution in [2.24, 2.45) is 0 Å². The van der Waals surface area contributed by atoms with Crippen LogP contribution in [0.15, 0.2) is 18.3 Å². The first-order valence-corrected chi connectivity index (χ1v) is 5.70. The second-order valence-electron chi connectivity index (χ2n) is 3.81. The topological polar surface area (TPSA) is 33.6 Å². The van der Waals surface area contributed by atoms with Gasteiger partial charge in [0, 0.05) is 12.2 Å². The van der Waals surface area contributed by atoms with E-state index in [0.29, 0.717) is 6.04 Å². The molecule has 0 aromatic carbocycles. The molecule has 0 aliphatic rings. The third kappa shape index (κ3) is 1.81. The highest BCUT2D eigenvalue weighted by atomic mass is 32.1. The summed E-state index contributed by atoms with van der Waals surface area (Å²) in [6.07, 6.45) is 4.08. The average molecular weight is 221 g/mol. The maximum atomic E-state index is 5.31. The second-order valence-corrected chi connectivity index (χ2v) is 4.20. The maximum absolute atomic E-state index is 5.31. The first-order valence-electron chi connectivity index (χ1n) is 5.29. The molecule has 2 aromatic heterocycles. The molecule has 3 nitrogen and oxygen atoms in total. The van der Waals surface area contributed by atoms with E-state index in [1.54, 1.807) is 6.20 Å². The molecule has 0 amide bonds. The van der Waals surface area contributed by atoms with Gasteiger partial charge in [-0.2, -0.15) is 0 Å². The van der Waals surface area contributed by atoms with E-state index in [-0.39, 0.29) is 0 Å². The maximum Gasteiger partial charge on any atom is 0.179 e. The van der Waals surface area contributed by atoms with E-state index in [1.807, 2.05) is 12.1 Å². The Morgan fingerprint density at radius 1 is 1.60 bits per heavy atom. The minimum Gasteiger partial charge on any atom is -0.329 e. The zero-order valence-electron chi connectivity index (χ0n) is 9.03. The Bertz CT molecular complexity index is 512. The Kier molecular flexibility index (Phi) is 2.86. The number of H-pyrrole nitrogens is 1. The van der Waals surface area contributed by atoms with Crippen LogP contribution in [0.5, 0.6) is 0 Å². The summed E-state index contributed by atoms with van der Waals surface area (Å²) in [7, 11) is 0. The Hall–Kier alpha value is -1.16. The number of aromatic amines is 1. The zero-order chi connectivity index (χ0) is 10.8. The molecule has 1 unspecified atom stereocenters. The van der Waals surface area contributed by atoms with Gasteiger partial charge in [0.15, 0.2) is 10.4 Å². The van der Waals surface area contributed by atoms with Gasteiger partial charge < -0.3 is 4.98 Å². The molecule has 1 N–H and O–H groups in total. The fourth-order valence-electron chi connectivity index (χ4n) is 1.91. The van der Waals surface area contributed by atoms with E-state index in [2.05, 4.69) is 28.4 Å². The van der Waals surface area contributed by atoms with Gasteiger partial charge in [0.2, 0.25) is 0 Å². The quantitative estimate of drug-likeness (QED) is 0.805. The molecule has 1 atom stereocenters. The number of fused-ring (bicyclic) bond motifs is 1. The summed E-state index contributed by atoms with van der Waals surface area (Å²) in [6, 6.07) is 4.33. The van der Waals surface area contributed by atoms with Crippen molar-refractivity contribution in [1.29, 1.82) is 0 Å². The van der Waals surface area contributed by atoms with Gasteiger partial charge in [-0.25, -0.2) is 4.98 Å². The van der Waals surface area contributed by atoms with Crippen molar-refractivity contribution in [3.8, 4) is 0 Å². The van der Waals surface area contributed by atoms with Crippen molar-refractivity contribution < 1.29 is 0 Å². The van der Waals surface area contributed by atoms with Crippen LogP contribution >= 0.6 is 12.2 Å². The Balaban J connectivity index is 2.58. The smallest absolute Gasteiger partial charge is 0.179 e. The molecule has 80 valence electrons. The van der Waals surface area contributed by atoms with Gasteiger partial charge in [-0.15, -0.1) is 0 Å². The highest BCUT2D eigenvalue weighted by Gasteiger charge is 2.10. The summed E-state index contributed by atoms with van der Waals surface area (Å²) < 4.78 is 2.87. The minimum absolute atomic E-state index is 0.408. The van der Waals surface area contributed by atoms with E-state index in [0.717, 1.165) is 28.8 Å². The molecular formula is C11H15N3S. The van der Waals surface area contributed by atoms with E-state index >= 15 is 0 Å². The summed E-state index contributed by atoms with van der Waals surface area (Å²) in [4.78, 5) is 7.55. The molecule has 0 fully saturated rings. The van der Waals surface area contributed by atoms with Crippen molar-refractivity contribution in [1.82, 2.24) is 14.5 Å². The summed E-state index contributed by atoms with van der Waals surface area (Å²) in [6.45, 7) is 4.36. The molecule has 0 radical (unpaired) electrons. The molecule has 0 saturated carbocycles. The summed E-state index contributed by atoms with van der Waals surface area (Å²) in [5.74, 6) is 0. The van der Waals surface area contributed by atoms with Crippen LogP contribution in [0.1, 0.15) is 32.7 Å². The second kappa shape index (κ2) is 4.14. The normalized spacial score (nSPS) is 13.2. The van der Waals surface area contributed by atoms with Crippen molar-refractivity contribution in [2.75, 3.05) is 0 Å². The first kappa shape index (κ1) is 10.4. The molecule has 0 bridgehead atoms. The number of nitrogens with zero attached hydrogens (tertiary/aromatic N) is 2. The third-order valence-corrected chi connectivity index (χ3v) is 2.92. The van der Waals surface area contributed by atoms with Crippen LogP contribution in [0, 0.1) is 4.77 Å². The molecule has 4 heteroatoms. The molecule has 0 saturated heterocycles. The summed E-state index contributed by atoms with van der Waals surface area (Å²) >= 11 is 5.31. The van der Waals surface area contributed by atoms with Crippen LogP contribution < -0.4 is 0 Å². The Labute approximate surface area is 94.2 Å². The predicted molar refractivity (Wildman–Crippen MR) is 64.5 cm³/mol. The van der Waals surface area contributed by atoms with Gasteiger partial charge in [0.25, 0.3) is 0 Å². The standard InChI is InChI=1S/C11H15N3S/c1-3-5-8(2)14-10-9(13-11(14)15)6-4-7-12-10/h4,6-8H,3,5H2,1-2H3,(H,13,15). The van der Waals surface area contributed by atoms with Crippen molar-refractivity contribution >= 4 is 23.4 Å². The van der Waals surface area contributed by atoms with Crippen molar-refractivity contribution in [3.63, 3.8) is 0 Å². The number of rotatable bonds is 3. The van der Waals surface area contributed by atoms with E-state index in [9.17, 15) is 0 Å². The lowest BCUT2D eigenvalue weighted by atomic mass is 10.2. The first-order chi connectivity index (χ1) is 7.24. The van der Waals surface area contributed by atoms with Crippen molar-refractivity contribution in [2.45, 2.75) is 32.7 Å². The average Bonchev–Trinajstić information content (AvgIpc) is 2.54. The van der Waals surface area contributed by atoms with Crippen LogP contribution in [-0.2, 0) is 0 Å². The molecule has 0 aliphatic carbocycles. The van der Waals surface area contributed by atoms with Gasteiger partial charge in [0.1, 0.15) is 0 Å². The highest BCUT2D eigenvalue weighted by molar-refractivity contribution is 7.71. The minimum atomic E-state index is 0.408. The molecule has 2 aromatic rings. The lowest BCUT2D eigenvalue weighted by Gasteiger charge is -2.12. The number of hydrogen-bond donors (Lipinski definition) is 1. The van der Waals surface area contributed by atoms with Gasteiger partial charge in [-0.1, -0.05) is 13.3 Å². The molecule has 15 heavy (non-hydrogen) atoms. The van der Waals surface area contributed by atoms with Crippen LogP contribution in [0.2, 0.25) is 0 Å². The largest absolute Gasteiger partial charge is 0.329 e. The monoisotopic (exact) mass is 221 g/mol. The molecular weight excluding hydrogens is 206 g/mol. The highest BCUT2D eigenvalue weighted by Crippen LogP contribution is 2.19. The van der Waals surface area contributed by atoms with E-state index < -0.39 is 0 Å². The van der Waals surface area contributed by atoms with E-state index in [4.69, 9.17) is 12.2 Å². The van der Waals surface area contributed by atoms with Gasteiger partial charge in [-0.05, 0) is 37.7 Å². The van der Waals surface area contributed by atoms with Gasteiger partial charge in [0.05, 0.1) is 5.52 Å². The Morgan fingerprint density at radius 2 is 2.40 bits per heavy atom. The van der Waals surface area contributed by atoms with Crippen LogP contribution in [0.25, 0.3) is 11.2 Å². The molecule has 0 aliphatic heterocycles. The molecule has 2 rings (SSSR count). The van der Waals surface area contributed by atoms with E-state index in [1.165, 1.54) is 0 Å². The van der Waals surface area contributed by atoms with Crippen LogP contribution in [-0.4, -0.2) is 14.5 Å². The zero-order valence-corrected chi connectivity index (χ0v) is 9.84. The fraction of sp³-hybridized carbons (Fsp3) is 0.455. The number of nitrogens with one attached hydrogen (secondary N) is 1. The summed E-state index contributed by atoms with van der Waals surface area (Å²) in [5.41, 5.74) is 1.98. The van der Waals surface area contributed by atoms with Crippen LogP contribution in [0.3, 0.4) is 0 Å². The number of aromatic nitrogens is 3. The number of pyridine rings is 1. The summed E-state index contributed by atoms with van der Waals surface area (Å²) in [5, 5.41) is 0. The number of hydrogen-bond acceptors (Lipinski definition) is 2. The Morgan fingerprint density at radius 3 is 3.13 bits per heavy atom. The van der Waals surface area contributed by atoms with Gasteiger partial charge in [-0.3, -0.25) is 4.57 Å².